The van der Waals surface area contributed by atoms with Crippen molar-refractivity contribution in [3.63, 3.8) is 0 Å². The van der Waals surface area contributed by atoms with Crippen molar-refractivity contribution >= 4 is 11.4 Å². The first-order valence-corrected chi connectivity index (χ1v) is 12.1. The second-order valence-corrected chi connectivity index (χ2v) is 8.04. The van der Waals surface area contributed by atoms with Crippen molar-refractivity contribution < 1.29 is 39.3 Å². The van der Waals surface area contributed by atoms with Gasteiger partial charge < -0.3 is 9.80 Å². The molecule has 2 aromatic rings. The molecule has 6 rings (SSSR count). The third-order valence-electron chi connectivity index (χ3n) is 5.24. The Hall–Kier alpha value is -3.61. The molecule has 0 unspecified atom stereocenters. The van der Waals surface area contributed by atoms with Crippen LogP contribution in [0.2, 0.25) is 0 Å². The number of hydrogen-bond acceptors (Lipinski definition) is 2. The molecule has 0 atom stereocenters. The van der Waals surface area contributed by atoms with E-state index in [4.69, 9.17) is 0 Å². The standard InChI is InChI=1S/2C11H8F2N.2C5H6.Ti/c2*12-9-4-5-11(10(13)8-9)14-6-2-1-3-7-14;2*1-2-4-5-3-1;/h2*1-6H,7H2;2*1-4H,5H2;/q2*-1;;;+2. The molecule has 0 aromatic heterocycles. The predicted molar refractivity (Wildman–Crippen MR) is 147 cm³/mol. The molecule has 2 heterocycles. The Balaban J connectivity index is 0.000000199. The van der Waals surface area contributed by atoms with E-state index in [1.165, 1.54) is 24.3 Å². The minimum absolute atomic E-state index is 0. The van der Waals surface area contributed by atoms with E-state index in [-0.39, 0.29) is 21.7 Å². The van der Waals surface area contributed by atoms with Gasteiger partial charge in [0.05, 0.1) is 0 Å². The Morgan fingerprint density at radius 3 is 1.10 bits per heavy atom. The van der Waals surface area contributed by atoms with Gasteiger partial charge in [-0.15, -0.1) is 36.4 Å². The minimum atomic E-state index is -0.678. The summed E-state index contributed by atoms with van der Waals surface area (Å²) >= 11 is 0. The van der Waals surface area contributed by atoms with Gasteiger partial charge in [-0.1, -0.05) is 72.9 Å². The van der Waals surface area contributed by atoms with Crippen LogP contribution in [-0.4, -0.2) is 13.1 Å². The van der Waals surface area contributed by atoms with Crippen molar-refractivity contribution in [3.8, 4) is 0 Å². The van der Waals surface area contributed by atoms with Crippen LogP contribution in [0.4, 0.5) is 28.9 Å². The van der Waals surface area contributed by atoms with Crippen LogP contribution in [0.5, 0.6) is 0 Å². The molecule has 0 amide bonds. The van der Waals surface area contributed by atoms with E-state index in [2.05, 4.69) is 48.6 Å². The maximum atomic E-state index is 13.2. The van der Waals surface area contributed by atoms with Gasteiger partial charge in [-0.05, 0) is 48.8 Å². The fourth-order valence-corrected chi connectivity index (χ4v) is 3.39. The second-order valence-electron chi connectivity index (χ2n) is 8.04. The number of allylic oxidation sites excluding steroid dienone is 12. The first-order valence-electron chi connectivity index (χ1n) is 12.1. The van der Waals surface area contributed by atoms with Crippen molar-refractivity contribution in [3.05, 3.63) is 157 Å². The Morgan fingerprint density at radius 1 is 0.487 bits per heavy atom. The molecule has 0 spiro atoms. The Kier molecular flexibility index (Phi) is 14.4. The summed E-state index contributed by atoms with van der Waals surface area (Å²) in [4.78, 5) is 3.37. The molecule has 2 aliphatic carbocycles. The van der Waals surface area contributed by atoms with E-state index < -0.39 is 23.3 Å². The van der Waals surface area contributed by atoms with E-state index in [1.807, 2.05) is 36.4 Å². The van der Waals surface area contributed by atoms with Gasteiger partial charge in [-0.25, -0.2) is 17.6 Å². The maximum absolute atomic E-state index is 13.2. The molecule has 198 valence electrons. The van der Waals surface area contributed by atoms with Crippen molar-refractivity contribution in [2.45, 2.75) is 12.8 Å². The summed E-state index contributed by atoms with van der Waals surface area (Å²) in [5.74, 6) is -2.68. The van der Waals surface area contributed by atoms with E-state index in [9.17, 15) is 17.6 Å². The predicted octanol–water partition coefficient (Wildman–Crippen LogP) is 8.31. The van der Waals surface area contributed by atoms with E-state index in [1.54, 1.807) is 34.4 Å². The van der Waals surface area contributed by atoms with Gasteiger partial charge in [0.1, 0.15) is 0 Å². The first kappa shape index (κ1) is 31.6. The second kappa shape index (κ2) is 17.8. The summed E-state index contributed by atoms with van der Waals surface area (Å²) < 4.78 is 51.6. The smallest absolute Gasteiger partial charge is 0.395 e. The van der Waals surface area contributed by atoms with Gasteiger partial charge >= 0.3 is 21.7 Å². The van der Waals surface area contributed by atoms with Crippen molar-refractivity contribution in [1.82, 2.24) is 0 Å². The third kappa shape index (κ3) is 11.3. The Morgan fingerprint density at radius 2 is 0.846 bits per heavy atom. The Labute approximate surface area is 242 Å². The molecule has 7 heteroatoms. The molecule has 0 N–H and O–H groups in total. The zero-order chi connectivity index (χ0) is 27.0. The summed E-state index contributed by atoms with van der Waals surface area (Å²) in [5, 5.41) is 0. The van der Waals surface area contributed by atoms with Crippen molar-refractivity contribution in [2.24, 2.45) is 0 Å². The van der Waals surface area contributed by atoms with Crippen LogP contribution in [0.1, 0.15) is 12.8 Å². The maximum Gasteiger partial charge on any atom is 2.00 e. The average molecular weight is 564 g/mol. The van der Waals surface area contributed by atoms with E-state index in [0.29, 0.717) is 24.5 Å². The molecule has 39 heavy (non-hydrogen) atoms. The molecule has 0 radical (unpaired) electrons. The summed E-state index contributed by atoms with van der Waals surface area (Å²) in [7, 11) is 0. The first-order chi connectivity index (χ1) is 18.5. The number of benzene rings is 2. The van der Waals surface area contributed by atoms with Gasteiger partial charge in [0, 0.05) is 36.4 Å². The topological polar surface area (TPSA) is 6.48 Å². The number of rotatable bonds is 2. The van der Waals surface area contributed by atoms with Crippen LogP contribution in [0, 0.1) is 35.4 Å². The van der Waals surface area contributed by atoms with Gasteiger partial charge in [-0.2, -0.15) is 0 Å². The number of halogens is 4. The summed E-state index contributed by atoms with van der Waals surface area (Å²) in [6, 6.07) is 9.22. The van der Waals surface area contributed by atoms with Gasteiger partial charge in [-0.3, -0.25) is 0 Å². The SMILES string of the molecule is C1=CCC=C1.C1=CCC=C1.Fc1[c-]c(F)c(N2C=CC=CC2)cc1.Fc1[c-]c(F)c(N2C=CC=CC2)cc1.[Ti+2]. The van der Waals surface area contributed by atoms with Crippen LogP contribution in [0.3, 0.4) is 0 Å². The minimum Gasteiger partial charge on any atom is -0.395 e. The largest absolute Gasteiger partial charge is 2.00 e. The normalized spacial score (nSPS) is 15.2. The molecule has 2 aromatic carbocycles. The quantitative estimate of drug-likeness (QED) is 0.206. The van der Waals surface area contributed by atoms with Gasteiger partial charge in [0.2, 0.25) is 0 Å². The molecular weight excluding hydrogens is 536 g/mol. The molecule has 0 fully saturated rings. The monoisotopic (exact) mass is 564 g/mol. The molecular formula is C32H28F4N2Ti. The average Bonchev–Trinajstić information content (AvgIpc) is 3.70. The van der Waals surface area contributed by atoms with Crippen LogP contribution in [-0.2, 0) is 21.7 Å². The number of hydrogen-bond donors (Lipinski definition) is 0. The summed E-state index contributed by atoms with van der Waals surface area (Å²) in [6.07, 6.45) is 33.6. The Bertz CT molecular complexity index is 1170. The van der Waals surface area contributed by atoms with Crippen molar-refractivity contribution in [1.29, 1.82) is 0 Å². The van der Waals surface area contributed by atoms with Crippen LogP contribution < -0.4 is 9.80 Å². The molecule has 0 bridgehead atoms. The summed E-state index contributed by atoms with van der Waals surface area (Å²) in [5.41, 5.74) is 0.680. The van der Waals surface area contributed by atoms with Gasteiger partial charge in [0.15, 0.2) is 0 Å². The fourth-order valence-electron chi connectivity index (χ4n) is 3.39. The fraction of sp³-hybridized carbons (Fsp3) is 0.125. The van der Waals surface area contributed by atoms with Gasteiger partial charge in [0.25, 0.3) is 0 Å². The molecule has 0 saturated carbocycles. The molecule has 2 aliphatic heterocycles. The molecule has 4 aliphatic rings. The van der Waals surface area contributed by atoms with Crippen molar-refractivity contribution in [2.75, 3.05) is 22.9 Å². The molecule has 2 nitrogen and oxygen atoms in total. The van der Waals surface area contributed by atoms with E-state index >= 15 is 0 Å². The van der Waals surface area contributed by atoms with Crippen LogP contribution in [0.25, 0.3) is 0 Å². The number of anilines is 2. The van der Waals surface area contributed by atoms with E-state index in [0.717, 1.165) is 12.8 Å². The van der Waals surface area contributed by atoms with Crippen LogP contribution >= 0.6 is 0 Å². The number of nitrogens with zero attached hydrogens (tertiary/aromatic N) is 2. The molecule has 0 saturated heterocycles. The zero-order valence-electron chi connectivity index (χ0n) is 21.3. The van der Waals surface area contributed by atoms with Crippen LogP contribution in [0.15, 0.2) is 122 Å². The third-order valence-corrected chi connectivity index (χ3v) is 5.24. The summed E-state index contributed by atoms with van der Waals surface area (Å²) in [6.45, 7) is 1.18. The zero-order valence-corrected chi connectivity index (χ0v) is 22.8.